The molecule has 3 aromatic carbocycles. The maximum atomic E-state index is 14.0. The third-order valence-corrected chi connectivity index (χ3v) is 4.91. The quantitative estimate of drug-likeness (QED) is 0.645. The zero-order chi connectivity index (χ0) is 21.1. The number of carbonyl (C=O) groups excluding carboxylic acids is 2. The molecule has 1 aliphatic rings. The van der Waals surface area contributed by atoms with Crippen LogP contribution in [0.5, 0.6) is 0 Å². The maximum absolute atomic E-state index is 14.0. The molecule has 30 heavy (non-hydrogen) atoms. The predicted octanol–water partition coefficient (Wildman–Crippen LogP) is 4.70. The zero-order valence-electron chi connectivity index (χ0n) is 15.9. The Morgan fingerprint density at radius 2 is 1.57 bits per heavy atom. The lowest BCUT2D eigenvalue weighted by Crippen LogP contribution is -2.28. The van der Waals surface area contributed by atoms with Crippen LogP contribution in [0.3, 0.4) is 0 Å². The number of nitrogens with one attached hydrogen (secondary N) is 2. The fourth-order valence-electron chi connectivity index (χ4n) is 3.39. The van der Waals surface area contributed by atoms with E-state index in [1.165, 1.54) is 11.0 Å². The number of halogens is 2. The van der Waals surface area contributed by atoms with Crippen LogP contribution in [-0.4, -0.2) is 18.4 Å². The first-order valence-corrected chi connectivity index (χ1v) is 9.48. The Bertz CT molecular complexity index is 1070. The Labute approximate surface area is 172 Å². The number of carbonyl (C=O) groups is 2. The molecule has 1 unspecified atom stereocenters. The molecule has 0 aliphatic carbocycles. The van der Waals surface area contributed by atoms with E-state index in [0.29, 0.717) is 5.69 Å². The van der Waals surface area contributed by atoms with Crippen LogP contribution in [0.1, 0.15) is 6.42 Å². The van der Waals surface area contributed by atoms with Crippen LogP contribution in [-0.2, 0) is 9.59 Å². The molecule has 2 amide bonds. The number of hydrogen-bond donors (Lipinski definition) is 2. The third-order valence-electron chi connectivity index (χ3n) is 4.91. The van der Waals surface area contributed by atoms with E-state index in [-0.39, 0.29) is 30.5 Å². The summed E-state index contributed by atoms with van der Waals surface area (Å²) in [5.74, 6) is -2.86. The van der Waals surface area contributed by atoms with E-state index in [1.54, 1.807) is 12.1 Å². The maximum Gasteiger partial charge on any atom is 0.229 e. The Kier molecular flexibility index (Phi) is 5.43. The Hall–Kier alpha value is -3.74. The number of hydrogen-bond acceptors (Lipinski definition) is 3. The second-order valence-electron chi connectivity index (χ2n) is 7.06. The van der Waals surface area contributed by atoms with Crippen molar-refractivity contribution in [2.75, 3.05) is 22.1 Å². The van der Waals surface area contributed by atoms with Gasteiger partial charge in [0.1, 0.15) is 11.6 Å². The highest BCUT2D eigenvalue weighted by molar-refractivity contribution is 6.03. The molecular weight excluding hydrogens is 388 g/mol. The fourth-order valence-corrected chi connectivity index (χ4v) is 3.39. The monoisotopic (exact) mass is 407 g/mol. The largest absolute Gasteiger partial charge is 0.356 e. The van der Waals surface area contributed by atoms with Gasteiger partial charge in [0, 0.05) is 36.1 Å². The second kappa shape index (κ2) is 8.32. The molecule has 1 atom stereocenters. The smallest absolute Gasteiger partial charge is 0.229 e. The minimum Gasteiger partial charge on any atom is -0.356 e. The molecule has 3 aromatic rings. The van der Waals surface area contributed by atoms with Crippen LogP contribution in [0, 0.1) is 17.6 Å². The Balaban J connectivity index is 1.39. The van der Waals surface area contributed by atoms with E-state index in [9.17, 15) is 18.4 Å². The molecule has 0 saturated carbocycles. The van der Waals surface area contributed by atoms with Crippen LogP contribution in [0.2, 0.25) is 0 Å². The van der Waals surface area contributed by atoms with Gasteiger partial charge in [0.25, 0.3) is 0 Å². The van der Waals surface area contributed by atoms with Gasteiger partial charge in [-0.15, -0.1) is 0 Å². The summed E-state index contributed by atoms with van der Waals surface area (Å²) in [6, 6.07) is 19.9. The van der Waals surface area contributed by atoms with Crippen LogP contribution < -0.4 is 15.5 Å². The van der Waals surface area contributed by atoms with Gasteiger partial charge >= 0.3 is 0 Å². The van der Waals surface area contributed by atoms with E-state index in [0.717, 1.165) is 23.5 Å². The summed E-state index contributed by atoms with van der Waals surface area (Å²) >= 11 is 0. The van der Waals surface area contributed by atoms with Crippen molar-refractivity contribution < 1.29 is 18.4 Å². The number of benzene rings is 3. The minimum absolute atomic E-state index is 0.0203. The van der Waals surface area contributed by atoms with E-state index in [2.05, 4.69) is 10.6 Å². The van der Waals surface area contributed by atoms with E-state index >= 15 is 0 Å². The van der Waals surface area contributed by atoms with Gasteiger partial charge in [-0.3, -0.25) is 9.59 Å². The minimum atomic E-state index is -0.828. The van der Waals surface area contributed by atoms with Gasteiger partial charge in [-0.2, -0.15) is 0 Å². The lowest BCUT2D eigenvalue weighted by atomic mass is 10.1. The molecule has 1 heterocycles. The van der Waals surface area contributed by atoms with Crippen molar-refractivity contribution in [2.45, 2.75) is 6.42 Å². The van der Waals surface area contributed by atoms with Gasteiger partial charge in [0.15, 0.2) is 0 Å². The third kappa shape index (κ3) is 4.30. The molecule has 5 nitrogen and oxygen atoms in total. The first-order valence-electron chi connectivity index (χ1n) is 9.48. The van der Waals surface area contributed by atoms with Crippen LogP contribution >= 0.6 is 0 Å². The van der Waals surface area contributed by atoms with Crippen molar-refractivity contribution in [3.63, 3.8) is 0 Å². The summed E-state index contributed by atoms with van der Waals surface area (Å²) in [7, 11) is 0. The summed E-state index contributed by atoms with van der Waals surface area (Å²) in [5, 5.41) is 6.04. The van der Waals surface area contributed by atoms with Crippen molar-refractivity contribution in [3.05, 3.63) is 84.4 Å². The zero-order valence-corrected chi connectivity index (χ0v) is 15.9. The second-order valence-corrected chi connectivity index (χ2v) is 7.06. The SMILES string of the molecule is O=C(Nc1ccc(Nc2ccccc2)cc1)C1CC(=O)N(c2ccc(F)cc2F)C1. The van der Waals surface area contributed by atoms with E-state index in [4.69, 9.17) is 0 Å². The van der Waals surface area contributed by atoms with Crippen LogP contribution in [0.4, 0.5) is 31.5 Å². The molecule has 1 fully saturated rings. The number of amides is 2. The molecule has 0 radical (unpaired) electrons. The van der Waals surface area contributed by atoms with Crippen molar-refractivity contribution in [3.8, 4) is 0 Å². The highest BCUT2D eigenvalue weighted by Gasteiger charge is 2.36. The highest BCUT2D eigenvalue weighted by atomic mass is 19.1. The fraction of sp³-hybridized carbons (Fsp3) is 0.130. The molecule has 0 bridgehead atoms. The number of para-hydroxylation sites is 1. The van der Waals surface area contributed by atoms with Crippen molar-refractivity contribution in [1.82, 2.24) is 0 Å². The molecule has 0 spiro atoms. The molecular formula is C23H19F2N3O2. The Morgan fingerprint density at radius 1 is 0.900 bits per heavy atom. The lowest BCUT2D eigenvalue weighted by molar-refractivity contribution is -0.122. The summed E-state index contributed by atoms with van der Waals surface area (Å²) < 4.78 is 27.1. The van der Waals surface area contributed by atoms with Gasteiger partial charge in [0.05, 0.1) is 11.6 Å². The standard InChI is InChI=1S/C23H19F2N3O2/c24-16-6-11-21(20(25)13-16)28-14-15(12-22(28)29)23(30)27-19-9-7-18(8-10-19)26-17-4-2-1-3-5-17/h1-11,13,15,26H,12,14H2,(H,27,30). The molecule has 4 rings (SSSR count). The van der Waals surface area contributed by atoms with Gasteiger partial charge < -0.3 is 15.5 Å². The van der Waals surface area contributed by atoms with Crippen LogP contribution in [0.15, 0.2) is 72.8 Å². The summed E-state index contributed by atoms with van der Waals surface area (Å²) in [5.41, 5.74) is 2.39. The summed E-state index contributed by atoms with van der Waals surface area (Å²) in [6.45, 7) is 0.0425. The number of anilines is 4. The van der Waals surface area contributed by atoms with Gasteiger partial charge in [0.2, 0.25) is 11.8 Å². The lowest BCUT2D eigenvalue weighted by Gasteiger charge is -2.17. The van der Waals surface area contributed by atoms with E-state index < -0.39 is 17.6 Å². The molecule has 1 saturated heterocycles. The topological polar surface area (TPSA) is 61.4 Å². The molecule has 152 valence electrons. The average molecular weight is 407 g/mol. The molecule has 2 N–H and O–H groups in total. The van der Waals surface area contributed by atoms with Gasteiger partial charge in [-0.05, 0) is 48.5 Å². The summed E-state index contributed by atoms with van der Waals surface area (Å²) in [6.07, 6.45) is -0.0315. The van der Waals surface area contributed by atoms with E-state index in [1.807, 2.05) is 42.5 Å². The first kappa shape index (κ1) is 19.6. The average Bonchev–Trinajstić information content (AvgIpc) is 3.12. The summed E-state index contributed by atoms with van der Waals surface area (Å²) in [4.78, 5) is 26.1. The van der Waals surface area contributed by atoms with Gasteiger partial charge in [-0.25, -0.2) is 8.78 Å². The van der Waals surface area contributed by atoms with Crippen LogP contribution in [0.25, 0.3) is 0 Å². The highest BCUT2D eigenvalue weighted by Crippen LogP contribution is 2.29. The molecule has 0 aromatic heterocycles. The number of rotatable bonds is 5. The molecule has 7 heteroatoms. The number of nitrogens with zero attached hydrogens (tertiary/aromatic N) is 1. The van der Waals surface area contributed by atoms with Crippen molar-refractivity contribution in [1.29, 1.82) is 0 Å². The predicted molar refractivity (Wildman–Crippen MR) is 112 cm³/mol. The molecule has 1 aliphatic heterocycles. The first-order chi connectivity index (χ1) is 14.5. The van der Waals surface area contributed by atoms with Gasteiger partial charge in [-0.1, -0.05) is 18.2 Å². The normalized spacial score (nSPS) is 15.9. The van der Waals surface area contributed by atoms with Crippen molar-refractivity contribution >= 4 is 34.6 Å². The van der Waals surface area contributed by atoms with Crippen molar-refractivity contribution in [2.24, 2.45) is 5.92 Å². The Morgan fingerprint density at radius 3 is 2.27 bits per heavy atom.